The van der Waals surface area contributed by atoms with Gasteiger partial charge in [-0.15, -0.1) is 0 Å². The topological polar surface area (TPSA) is 90.2 Å². The lowest BCUT2D eigenvalue weighted by Crippen LogP contribution is -2.32. The molecule has 1 saturated heterocycles. The van der Waals surface area contributed by atoms with E-state index in [9.17, 15) is 24.2 Å². The molecule has 8 heteroatoms. The third-order valence-electron chi connectivity index (χ3n) is 4.65. The van der Waals surface area contributed by atoms with Gasteiger partial charge >= 0.3 is 0 Å². The van der Waals surface area contributed by atoms with Crippen LogP contribution in [0.3, 0.4) is 0 Å². The normalized spacial score (nSPS) is 17.3. The quantitative estimate of drug-likeness (QED) is 0.569. The second-order valence-corrected chi connectivity index (χ2v) is 8.01. The molecule has 3 aromatic carbocycles. The summed E-state index contributed by atoms with van der Waals surface area (Å²) in [4.78, 5) is 31.7. The van der Waals surface area contributed by atoms with Crippen LogP contribution in [-0.2, 0) is 4.79 Å². The Hall–Kier alpha value is -3.65. The number of amides is 1. The van der Waals surface area contributed by atoms with Gasteiger partial charge in [-0.3, -0.25) is 14.5 Å². The number of carbonyl (C=O) groups excluding carboxylic acids is 2. The molecule has 6 nitrogen and oxygen atoms in total. The van der Waals surface area contributed by atoms with Crippen LogP contribution < -0.4 is 4.90 Å². The number of rotatable bonds is 5. The maximum atomic E-state index is 13.2. The van der Waals surface area contributed by atoms with E-state index in [0.717, 1.165) is 11.8 Å². The van der Waals surface area contributed by atoms with E-state index < -0.39 is 11.1 Å². The molecular formula is C23H17FN2O4S. The molecule has 0 radical (unpaired) electrons. The summed E-state index contributed by atoms with van der Waals surface area (Å²) in [6, 6.07) is 17.5. The van der Waals surface area contributed by atoms with Gasteiger partial charge in [-0.1, -0.05) is 11.8 Å². The number of ketones is 1. The number of benzene rings is 3. The van der Waals surface area contributed by atoms with E-state index in [1.807, 2.05) is 0 Å². The number of aliphatic imine (C=N–C) groups is 1. The van der Waals surface area contributed by atoms with Crippen LogP contribution in [0.1, 0.15) is 16.8 Å². The van der Waals surface area contributed by atoms with Gasteiger partial charge in [-0.2, -0.15) is 0 Å². The highest BCUT2D eigenvalue weighted by molar-refractivity contribution is 8.16. The fourth-order valence-electron chi connectivity index (χ4n) is 3.07. The summed E-state index contributed by atoms with van der Waals surface area (Å²) in [5.74, 6) is -0.879. The zero-order valence-electron chi connectivity index (χ0n) is 16.1. The molecule has 0 bridgehead atoms. The Morgan fingerprint density at radius 1 is 0.935 bits per heavy atom. The molecule has 3 aromatic rings. The van der Waals surface area contributed by atoms with Crippen LogP contribution in [0, 0.1) is 5.82 Å². The first-order valence-electron chi connectivity index (χ1n) is 9.37. The second kappa shape index (κ2) is 8.61. The fourth-order valence-corrected chi connectivity index (χ4v) is 4.23. The Morgan fingerprint density at radius 3 is 2.13 bits per heavy atom. The van der Waals surface area contributed by atoms with Gasteiger partial charge in [0.1, 0.15) is 17.3 Å². The maximum Gasteiger partial charge on any atom is 0.247 e. The standard InChI is InChI=1S/C23H17FN2O4S/c24-15-3-1-14(2-4-15)20(29)13-21-22(30)26(17-7-11-19(28)12-8-17)23(31-21)25-16-5-9-18(27)10-6-16/h1-12,21,27-28H,13H2. The summed E-state index contributed by atoms with van der Waals surface area (Å²) in [6.45, 7) is 0. The van der Waals surface area contributed by atoms with Crippen LogP contribution in [-0.4, -0.2) is 32.3 Å². The number of amidine groups is 1. The van der Waals surface area contributed by atoms with Crippen LogP contribution in [0.15, 0.2) is 77.8 Å². The predicted octanol–water partition coefficient (Wildman–Crippen LogP) is 4.65. The molecule has 156 valence electrons. The highest BCUT2D eigenvalue weighted by Crippen LogP contribution is 2.36. The van der Waals surface area contributed by atoms with Gasteiger partial charge in [0.25, 0.3) is 0 Å². The maximum absolute atomic E-state index is 13.2. The van der Waals surface area contributed by atoms with E-state index in [1.54, 1.807) is 24.3 Å². The van der Waals surface area contributed by atoms with Gasteiger partial charge in [0.2, 0.25) is 5.91 Å². The predicted molar refractivity (Wildman–Crippen MR) is 118 cm³/mol. The van der Waals surface area contributed by atoms with Crippen molar-refractivity contribution >= 4 is 40.0 Å². The van der Waals surface area contributed by atoms with Gasteiger partial charge in [-0.05, 0) is 72.8 Å². The number of nitrogens with zero attached hydrogens (tertiary/aromatic N) is 2. The molecule has 4 rings (SSSR count). The van der Waals surface area contributed by atoms with Crippen LogP contribution in [0.5, 0.6) is 11.5 Å². The number of phenols is 2. The number of anilines is 1. The fraction of sp³-hybridized carbons (Fsp3) is 0.0870. The van der Waals surface area contributed by atoms with E-state index in [2.05, 4.69) is 4.99 Å². The summed E-state index contributed by atoms with van der Waals surface area (Å²) in [7, 11) is 0. The SMILES string of the molecule is O=C(CC1SC(=Nc2ccc(O)cc2)N(c2ccc(O)cc2)C1=O)c1ccc(F)cc1. The van der Waals surface area contributed by atoms with E-state index in [4.69, 9.17) is 0 Å². The molecule has 0 aliphatic carbocycles. The third kappa shape index (κ3) is 4.59. The smallest absolute Gasteiger partial charge is 0.247 e. The summed E-state index contributed by atoms with van der Waals surface area (Å²) in [5, 5.41) is 18.7. The number of thioether (sulfide) groups is 1. The molecule has 1 unspecified atom stereocenters. The summed E-state index contributed by atoms with van der Waals surface area (Å²) >= 11 is 1.16. The van der Waals surface area contributed by atoms with Crippen molar-refractivity contribution in [3.05, 3.63) is 84.2 Å². The summed E-state index contributed by atoms with van der Waals surface area (Å²) in [6.07, 6.45) is -0.0711. The lowest BCUT2D eigenvalue weighted by Gasteiger charge is -2.16. The Bertz CT molecular complexity index is 1150. The molecule has 1 amide bonds. The van der Waals surface area contributed by atoms with Crippen LogP contribution in [0.2, 0.25) is 0 Å². The minimum atomic E-state index is -0.706. The van der Waals surface area contributed by atoms with Gasteiger partial charge < -0.3 is 10.2 Å². The highest BCUT2D eigenvalue weighted by atomic mass is 32.2. The molecule has 31 heavy (non-hydrogen) atoms. The molecule has 2 N–H and O–H groups in total. The van der Waals surface area contributed by atoms with Gasteiger partial charge in [-0.25, -0.2) is 9.38 Å². The Morgan fingerprint density at radius 2 is 1.52 bits per heavy atom. The Balaban J connectivity index is 1.64. The van der Waals surface area contributed by atoms with Crippen LogP contribution >= 0.6 is 11.8 Å². The van der Waals surface area contributed by atoms with Crippen molar-refractivity contribution in [2.75, 3.05) is 4.90 Å². The number of hydrogen-bond acceptors (Lipinski definition) is 6. The zero-order valence-corrected chi connectivity index (χ0v) is 16.9. The monoisotopic (exact) mass is 436 g/mol. The molecule has 1 atom stereocenters. The van der Waals surface area contributed by atoms with E-state index in [1.165, 1.54) is 53.4 Å². The van der Waals surface area contributed by atoms with Crippen molar-refractivity contribution < 1.29 is 24.2 Å². The first-order valence-corrected chi connectivity index (χ1v) is 10.2. The number of halogens is 1. The number of aromatic hydroxyl groups is 2. The minimum Gasteiger partial charge on any atom is -0.508 e. The largest absolute Gasteiger partial charge is 0.508 e. The summed E-state index contributed by atoms with van der Waals surface area (Å²) in [5.41, 5.74) is 1.36. The van der Waals surface area contributed by atoms with Gasteiger partial charge in [0.15, 0.2) is 11.0 Å². The van der Waals surface area contributed by atoms with Crippen molar-refractivity contribution in [3.63, 3.8) is 0 Å². The molecule has 1 fully saturated rings. The number of phenolic OH excluding ortho intramolecular Hbond substituents is 2. The van der Waals surface area contributed by atoms with Crippen LogP contribution in [0.4, 0.5) is 15.8 Å². The average Bonchev–Trinajstić information content (AvgIpc) is 3.05. The summed E-state index contributed by atoms with van der Waals surface area (Å²) < 4.78 is 13.1. The first-order chi connectivity index (χ1) is 14.9. The van der Waals surface area contributed by atoms with E-state index in [-0.39, 0.29) is 29.6 Å². The number of hydrogen-bond donors (Lipinski definition) is 2. The minimum absolute atomic E-state index is 0.0584. The van der Waals surface area contributed by atoms with Crippen molar-refractivity contribution in [1.82, 2.24) is 0 Å². The van der Waals surface area contributed by atoms with Crippen LogP contribution in [0.25, 0.3) is 0 Å². The van der Waals surface area contributed by atoms with E-state index >= 15 is 0 Å². The van der Waals surface area contributed by atoms with Gasteiger partial charge in [0, 0.05) is 12.0 Å². The third-order valence-corrected chi connectivity index (χ3v) is 5.79. The molecule has 1 aliphatic rings. The second-order valence-electron chi connectivity index (χ2n) is 6.84. The number of Topliss-reactive ketones (excluding diaryl/α,β-unsaturated/α-hetero) is 1. The lowest BCUT2D eigenvalue weighted by atomic mass is 10.1. The molecule has 0 aromatic heterocycles. The molecule has 1 aliphatic heterocycles. The van der Waals surface area contributed by atoms with Crippen molar-refractivity contribution in [3.8, 4) is 11.5 Å². The van der Waals surface area contributed by atoms with E-state index in [0.29, 0.717) is 22.1 Å². The van der Waals surface area contributed by atoms with Gasteiger partial charge in [0.05, 0.1) is 16.6 Å². The molecule has 0 saturated carbocycles. The lowest BCUT2D eigenvalue weighted by molar-refractivity contribution is -0.116. The van der Waals surface area contributed by atoms with Crippen molar-refractivity contribution in [2.45, 2.75) is 11.7 Å². The Labute approximate surface area is 181 Å². The average molecular weight is 436 g/mol. The Kier molecular flexibility index (Phi) is 5.73. The molecule has 0 spiro atoms. The zero-order chi connectivity index (χ0) is 22.0. The van der Waals surface area contributed by atoms with Crippen molar-refractivity contribution in [2.24, 2.45) is 4.99 Å². The molecule has 1 heterocycles. The van der Waals surface area contributed by atoms with Crippen molar-refractivity contribution in [1.29, 1.82) is 0 Å². The number of carbonyl (C=O) groups is 2. The highest BCUT2D eigenvalue weighted by Gasteiger charge is 2.40. The first kappa shape index (κ1) is 20.6. The molecular weight excluding hydrogens is 419 g/mol.